The van der Waals surface area contributed by atoms with Crippen molar-refractivity contribution in [1.29, 1.82) is 0 Å². The van der Waals surface area contributed by atoms with E-state index in [0.717, 1.165) is 0 Å². The van der Waals surface area contributed by atoms with Crippen LogP contribution in [0.3, 0.4) is 0 Å². The second-order valence-electron chi connectivity index (χ2n) is 4.94. The Kier molecular flexibility index (Phi) is 3.03. The maximum atomic E-state index is 2.61. The molecule has 1 saturated heterocycles. The summed E-state index contributed by atoms with van der Waals surface area (Å²) in [4.78, 5) is 2.61. The largest absolute Gasteiger partial charge is 0.310 e. The van der Waals surface area contributed by atoms with E-state index in [1.165, 1.54) is 37.3 Å². The molecule has 1 fully saturated rings. The lowest BCUT2D eigenvalue weighted by Gasteiger charge is -2.31. The number of hydrogen-bond donors (Lipinski definition) is 0. The molecule has 0 unspecified atom stereocenters. The molecule has 1 aliphatic rings. The predicted molar refractivity (Wildman–Crippen MR) is 57.5 cm³/mol. The predicted octanol–water partition coefficient (Wildman–Crippen LogP) is 1.91. The Bertz CT molecular complexity index is 171. The van der Waals surface area contributed by atoms with Crippen LogP contribution in [0.4, 0.5) is 0 Å². The Hall–Kier alpha value is -0.0800. The first kappa shape index (κ1) is 11.0. The third-order valence-corrected chi connectivity index (χ3v) is 3.77. The first-order valence-corrected chi connectivity index (χ1v) is 5.60. The number of hydrogen-bond acceptors (Lipinski definition) is 1. The highest BCUT2D eigenvalue weighted by molar-refractivity contribution is 4.84. The molecule has 0 saturated carbocycles. The molecule has 0 amide bonds. The van der Waals surface area contributed by atoms with E-state index in [1.54, 1.807) is 0 Å². The second kappa shape index (κ2) is 3.58. The number of likely N-dealkylation sites (N-methyl/N-ethyl adjacent to an activating group) is 2. The van der Waals surface area contributed by atoms with E-state index >= 15 is 0 Å². The topological polar surface area (TPSA) is 3.24 Å². The molecule has 2 heteroatoms. The lowest BCUT2D eigenvalue weighted by atomic mass is 10.0. The lowest BCUT2D eigenvalue weighted by Crippen LogP contribution is -2.47. The molecule has 0 aromatic rings. The molecule has 1 heterocycles. The highest BCUT2D eigenvalue weighted by Gasteiger charge is 2.45. The van der Waals surface area contributed by atoms with E-state index in [2.05, 4.69) is 39.5 Å². The van der Waals surface area contributed by atoms with Crippen LogP contribution in [0.25, 0.3) is 0 Å². The van der Waals surface area contributed by atoms with Crippen molar-refractivity contribution in [3.8, 4) is 0 Å². The van der Waals surface area contributed by atoms with E-state index in [9.17, 15) is 0 Å². The van der Waals surface area contributed by atoms with Crippen molar-refractivity contribution in [3.63, 3.8) is 0 Å². The zero-order chi connectivity index (χ0) is 10.1. The summed E-state index contributed by atoms with van der Waals surface area (Å²) in [6.07, 6.45) is 0. The number of quaternary nitrogens is 1. The Balaban J connectivity index is 2.77. The summed E-state index contributed by atoms with van der Waals surface area (Å²) in [6, 6.07) is 0. The van der Waals surface area contributed by atoms with Crippen LogP contribution in [0.15, 0.2) is 0 Å². The summed E-state index contributed by atoms with van der Waals surface area (Å²) in [5, 5.41) is 0. The molecule has 0 aromatic heterocycles. The quantitative estimate of drug-likeness (QED) is 0.607. The van der Waals surface area contributed by atoms with Crippen LogP contribution < -0.4 is 0 Å². The summed E-state index contributed by atoms with van der Waals surface area (Å²) >= 11 is 0. The van der Waals surface area contributed by atoms with Gasteiger partial charge in [0.1, 0.15) is 6.67 Å². The first-order chi connectivity index (χ1) is 5.99. The third kappa shape index (κ3) is 1.89. The first-order valence-electron chi connectivity index (χ1n) is 5.60. The minimum absolute atomic E-state index is 0.404. The molecule has 1 rings (SSSR count). The summed E-state index contributed by atoms with van der Waals surface area (Å²) in [5.74, 6) is 0. The van der Waals surface area contributed by atoms with Crippen LogP contribution in [-0.4, -0.2) is 47.8 Å². The van der Waals surface area contributed by atoms with E-state index in [1.807, 2.05) is 0 Å². The van der Waals surface area contributed by atoms with Crippen LogP contribution in [-0.2, 0) is 0 Å². The minimum Gasteiger partial charge on any atom is -0.310 e. The third-order valence-electron chi connectivity index (χ3n) is 3.77. The summed E-state index contributed by atoms with van der Waals surface area (Å²) in [7, 11) is 0. The van der Waals surface area contributed by atoms with Crippen LogP contribution in [0.1, 0.15) is 34.6 Å². The molecule has 13 heavy (non-hydrogen) atoms. The van der Waals surface area contributed by atoms with Gasteiger partial charge in [0, 0.05) is 6.54 Å². The van der Waals surface area contributed by atoms with Crippen molar-refractivity contribution in [2.75, 3.05) is 32.8 Å². The van der Waals surface area contributed by atoms with Crippen molar-refractivity contribution in [1.82, 2.24) is 4.90 Å². The van der Waals surface area contributed by atoms with Gasteiger partial charge in [-0.2, -0.15) is 0 Å². The van der Waals surface area contributed by atoms with Crippen LogP contribution >= 0.6 is 0 Å². The minimum atomic E-state index is 0.404. The highest BCUT2D eigenvalue weighted by Crippen LogP contribution is 2.29. The van der Waals surface area contributed by atoms with Gasteiger partial charge in [-0.05, 0) is 27.7 Å². The molecule has 1 aliphatic heterocycles. The van der Waals surface area contributed by atoms with Crippen molar-refractivity contribution in [3.05, 3.63) is 0 Å². The Morgan fingerprint density at radius 1 is 1.15 bits per heavy atom. The van der Waals surface area contributed by atoms with Gasteiger partial charge < -0.3 is 4.48 Å². The molecule has 0 radical (unpaired) electrons. The highest BCUT2D eigenvalue weighted by atomic mass is 15.5. The van der Waals surface area contributed by atoms with Gasteiger partial charge in [0.25, 0.3) is 0 Å². The number of nitrogens with zero attached hydrogens (tertiary/aromatic N) is 2. The zero-order valence-electron chi connectivity index (χ0n) is 9.93. The molecular weight excluding hydrogens is 160 g/mol. The van der Waals surface area contributed by atoms with Crippen LogP contribution in [0, 0.1) is 0 Å². The lowest BCUT2D eigenvalue weighted by molar-refractivity contribution is -0.918. The van der Waals surface area contributed by atoms with Crippen LogP contribution in [0.2, 0.25) is 0 Å². The normalized spacial score (nSPS) is 26.5. The van der Waals surface area contributed by atoms with Crippen LogP contribution in [0.5, 0.6) is 0 Å². The van der Waals surface area contributed by atoms with Gasteiger partial charge in [-0.1, -0.05) is 6.92 Å². The monoisotopic (exact) mass is 185 g/mol. The van der Waals surface area contributed by atoms with E-state index < -0.39 is 0 Å². The Morgan fingerprint density at radius 2 is 1.69 bits per heavy atom. The Labute approximate surface area is 83.1 Å². The molecule has 2 nitrogen and oxygen atoms in total. The van der Waals surface area contributed by atoms with Gasteiger partial charge in [0.2, 0.25) is 0 Å². The van der Waals surface area contributed by atoms with Gasteiger partial charge in [0.15, 0.2) is 0 Å². The van der Waals surface area contributed by atoms with Crippen molar-refractivity contribution >= 4 is 0 Å². The fraction of sp³-hybridized carbons (Fsp3) is 1.00. The molecule has 0 aromatic carbocycles. The molecule has 0 spiro atoms. The fourth-order valence-electron chi connectivity index (χ4n) is 2.70. The van der Waals surface area contributed by atoms with Crippen molar-refractivity contribution < 1.29 is 4.48 Å². The van der Waals surface area contributed by atoms with Crippen molar-refractivity contribution in [2.24, 2.45) is 0 Å². The van der Waals surface area contributed by atoms with Gasteiger partial charge in [-0.15, -0.1) is 0 Å². The standard InChI is InChI=1S/C11H25N2/c1-6-12-10-13(7-2,8-3)9-11(12,4)5/h6-10H2,1-5H3/q+1. The smallest absolute Gasteiger partial charge is 0.135 e. The summed E-state index contributed by atoms with van der Waals surface area (Å²) < 4.78 is 1.28. The molecule has 0 N–H and O–H groups in total. The average Bonchev–Trinajstić information content (AvgIpc) is 2.37. The fourth-order valence-corrected chi connectivity index (χ4v) is 2.70. The summed E-state index contributed by atoms with van der Waals surface area (Å²) in [5.41, 5.74) is 0.404. The number of rotatable bonds is 3. The molecular formula is C11H25N2+. The molecule has 0 aliphatic carbocycles. The SMILES string of the molecule is CCN1C[N+](CC)(CC)CC1(C)C. The maximum Gasteiger partial charge on any atom is 0.135 e. The molecule has 0 atom stereocenters. The zero-order valence-corrected chi connectivity index (χ0v) is 9.93. The van der Waals surface area contributed by atoms with E-state index in [-0.39, 0.29) is 0 Å². The molecule has 0 bridgehead atoms. The average molecular weight is 185 g/mol. The molecule has 78 valence electrons. The van der Waals surface area contributed by atoms with Gasteiger partial charge in [-0.25, -0.2) is 4.90 Å². The van der Waals surface area contributed by atoms with E-state index in [0.29, 0.717) is 5.54 Å². The Morgan fingerprint density at radius 3 is 1.92 bits per heavy atom. The van der Waals surface area contributed by atoms with E-state index in [4.69, 9.17) is 0 Å². The second-order valence-corrected chi connectivity index (χ2v) is 4.94. The van der Waals surface area contributed by atoms with Crippen molar-refractivity contribution in [2.45, 2.75) is 40.2 Å². The van der Waals surface area contributed by atoms with Gasteiger partial charge in [0.05, 0.1) is 25.2 Å². The maximum absolute atomic E-state index is 2.61. The summed E-state index contributed by atoms with van der Waals surface area (Å²) in [6.45, 7) is 18.0. The van der Waals surface area contributed by atoms with Gasteiger partial charge >= 0.3 is 0 Å². The van der Waals surface area contributed by atoms with Gasteiger partial charge in [-0.3, -0.25) is 0 Å².